The van der Waals surface area contributed by atoms with Crippen LogP contribution in [0.5, 0.6) is 0 Å². The number of carboxylic acid groups (broad SMARTS) is 2. The number of aryl methyl sites for hydroxylation is 1. The molecule has 0 heterocycles. The molecule has 4 heteroatoms. The maximum atomic E-state index is 11.2. The Bertz CT molecular complexity index is 631. The second kappa shape index (κ2) is 5.52. The zero-order valence-corrected chi connectivity index (χ0v) is 10.3. The van der Waals surface area contributed by atoms with Crippen molar-refractivity contribution in [2.75, 3.05) is 0 Å². The molecule has 0 saturated heterocycles. The minimum atomic E-state index is -0.976. The molecule has 19 heavy (non-hydrogen) atoms. The van der Waals surface area contributed by atoms with E-state index >= 15 is 0 Å². The van der Waals surface area contributed by atoms with Crippen LogP contribution in [0.3, 0.4) is 0 Å². The van der Waals surface area contributed by atoms with Crippen molar-refractivity contribution in [2.24, 2.45) is 0 Å². The van der Waals surface area contributed by atoms with Gasteiger partial charge in [-0.3, -0.25) is 4.79 Å². The van der Waals surface area contributed by atoms with Gasteiger partial charge in [0, 0.05) is 6.42 Å². The van der Waals surface area contributed by atoms with Crippen LogP contribution in [0.1, 0.15) is 28.8 Å². The number of aliphatic carboxylic acids is 1. The summed E-state index contributed by atoms with van der Waals surface area (Å²) in [5.74, 6) is -1.84. The summed E-state index contributed by atoms with van der Waals surface area (Å²) in [4.78, 5) is 21.8. The lowest BCUT2D eigenvalue weighted by Gasteiger charge is -2.08. The number of hydrogen-bond acceptors (Lipinski definition) is 2. The largest absolute Gasteiger partial charge is 0.481 e. The van der Waals surface area contributed by atoms with Gasteiger partial charge in [0.15, 0.2) is 0 Å². The average Bonchev–Trinajstić information content (AvgIpc) is 2.37. The minimum absolute atomic E-state index is 0.0475. The minimum Gasteiger partial charge on any atom is -0.481 e. The first-order chi connectivity index (χ1) is 9.08. The van der Waals surface area contributed by atoms with Crippen molar-refractivity contribution in [2.45, 2.75) is 19.3 Å². The van der Waals surface area contributed by atoms with Crippen LogP contribution in [0.4, 0.5) is 0 Å². The van der Waals surface area contributed by atoms with Crippen molar-refractivity contribution >= 4 is 22.7 Å². The molecule has 2 rings (SSSR count). The molecule has 4 nitrogen and oxygen atoms in total. The number of aromatic carboxylic acids is 1. The van der Waals surface area contributed by atoms with Crippen molar-refractivity contribution in [3.8, 4) is 0 Å². The highest BCUT2D eigenvalue weighted by Gasteiger charge is 2.11. The summed E-state index contributed by atoms with van der Waals surface area (Å²) in [7, 11) is 0. The molecule has 0 aromatic heterocycles. The normalized spacial score (nSPS) is 10.5. The van der Waals surface area contributed by atoms with Crippen LogP contribution in [0, 0.1) is 0 Å². The maximum absolute atomic E-state index is 11.2. The summed E-state index contributed by atoms with van der Waals surface area (Å²) >= 11 is 0. The molecular weight excluding hydrogens is 244 g/mol. The zero-order chi connectivity index (χ0) is 13.8. The fourth-order valence-corrected chi connectivity index (χ4v) is 2.12. The molecule has 0 aliphatic carbocycles. The first kappa shape index (κ1) is 13.1. The SMILES string of the molecule is O=C(O)CCCc1cc2ccccc2cc1C(=O)O. The second-order valence-electron chi connectivity index (χ2n) is 4.41. The number of fused-ring (bicyclic) bond motifs is 1. The van der Waals surface area contributed by atoms with Gasteiger partial charge >= 0.3 is 11.9 Å². The monoisotopic (exact) mass is 258 g/mol. The van der Waals surface area contributed by atoms with Crippen LogP contribution in [-0.4, -0.2) is 22.2 Å². The molecule has 0 radical (unpaired) electrons. The van der Waals surface area contributed by atoms with Crippen LogP contribution >= 0.6 is 0 Å². The van der Waals surface area contributed by atoms with Gasteiger partial charge in [0.05, 0.1) is 5.56 Å². The molecule has 0 amide bonds. The first-order valence-corrected chi connectivity index (χ1v) is 6.04. The highest BCUT2D eigenvalue weighted by molar-refractivity contribution is 5.96. The Morgan fingerprint density at radius 1 is 1.00 bits per heavy atom. The highest BCUT2D eigenvalue weighted by Crippen LogP contribution is 2.21. The molecule has 0 aliphatic rings. The predicted octanol–water partition coefficient (Wildman–Crippen LogP) is 2.95. The van der Waals surface area contributed by atoms with E-state index in [0.29, 0.717) is 18.4 Å². The summed E-state index contributed by atoms with van der Waals surface area (Å²) in [6, 6.07) is 11.0. The molecule has 2 aromatic rings. The molecule has 2 aromatic carbocycles. The van der Waals surface area contributed by atoms with E-state index in [4.69, 9.17) is 5.11 Å². The predicted molar refractivity (Wildman–Crippen MR) is 71.5 cm³/mol. The molecule has 2 N–H and O–H groups in total. The van der Waals surface area contributed by atoms with Gasteiger partial charge in [0.2, 0.25) is 0 Å². The maximum Gasteiger partial charge on any atom is 0.335 e. The van der Waals surface area contributed by atoms with Gasteiger partial charge in [0.1, 0.15) is 0 Å². The third-order valence-electron chi connectivity index (χ3n) is 3.04. The zero-order valence-electron chi connectivity index (χ0n) is 10.3. The third-order valence-corrected chi connectivity index (χ3v) is 3.04. The number of carboxylic acids is 2. The van der Waals surface area contributed by atoms with Gasteiger partial charge in [-0.25, -0.2) is 4.79 Å². The van der Waals surface area contributed by atoms with Crippen molar-refractivity contribution in [1.29, 1.82) is 0 Å². The summed E-state index contributed by atoms with van der Waals surface area (Å²) < 4.78 is 0. The van der Waals surface area contributed by atoms with E-state index in [1.54, 1.807) is 6.07 Å². The first-order valence-electron chi connectivity index (χ1n) is 6.04. The van der Waals surface area contributed by atoms with E-state index in [-0.39, 0.29) is 12.0 Å². The van der Waals surface area contributed by atoms with Gasteiger partial charge in [-0.05, 0) is 35.2 Å². The lowest BCUT2D eigenvalue weighted by atomic mass is 9.97. The third kappa shape index (κ3) is 3.10. The van der Waals surface area contributed by atoms with E-state index in [1.165, 1.54) is 0 Å². The van der Waals surface area contributed by atoms with Crippen LogP contribution in [-0.2, 0) is 11.2 Å². The van der Waals surface area contributed by atoms with Gasteiger partial charge < -0.3 is 10.2 Å². The van der Waals surface area contributed by atoms with Crippen molar-refractivity contribution in [3.63, 3.8) is 0 Å². The number of rotatable bonds is 5. The van der Waals surface area contributed by atoms with Gasteiger partial charge in [-0.1, -0.05) is 30.3 Å². The summed E-state index contributed by atoms with van der Waals surface area (Å²) in [5, 5.41) is 19.7. The molecule has 98 valence electrons. The van der Waals surface area contributed by atoms with E-state index < -0.39 is 11.9 Å². The molecule has 0 aliphatic heterocycles. The molecule has 0 unspecified atom stereocenters. The molecule has 0 bridgehead atoms. The number of benzene rings is 2. The van der Waals surface area contributed by atoms with E-state index in [2.05, 4.69) is 0 Å². The Morgan fingerprint density at radius 3 is 2.21 bits per heavy atom. The lowest BCUT2D eigenvalue weighted by molar-refractivity contribution is -0.137. The van der Waals surface area contributed by atoms with Crippen molar-refractivity contribution in [3.05, 3.63) is 47.5 Å². The molecule has 0 fully saturated rings. The molecular formula is C15H14O4. The summed E-state index contributed by atoms with van der Waals surface area (Å²) in [5.41, 5.74) is 0.941. The summed E-state index contributed by atoms with van der Waals surface area (Å²) in [6.45, 7) is 0. The lowest BCUT2D eigenvalue weighted by Crippen LogP contribution is -2.04. The standard InChI is InChI=1S/C15H14O4/c16-14(17)7-3-6-12-8-10-4-1-2-5-11(10)9-13(12)15(18)19/h1-2,4-5,8-9H,3,6-7H2,(H,16,17)(H,18,19). The average molecular weight is 258 g/mol. The van der Waals surface area contributed by atoms with Crippen LogP contribution in [0.25, 0.3) is 10.8 Å². The van der Waals surface area contributed by atoms with E-state index in [1.807, 2.05) is 30.3 Å². The molecule has 0 atom stereocenters. The Morgan fingerprint density at radius 2 is 1.63 bits per heavy atom. The fraction of sp³-hybridized carbons (Fsp3) is 0.200. The van der Waals surface area contributed by atoms with Gasteiger partial charge in [0.25, 0.3) is 0 Å². The molecule has 0 spiro atoms. The van der Waals surface area contributed by atoms with Crippen molar-refractivity contribution in [1.82, 2.24) is 0 Å². The van der Waals surface area contributed by atoms with Crippen LogP contribution in [0.2, 0.25) is 0 Å². The van der Waals surface area contributed by atoms with Gasteiger partial charge in [-0.15, -0.1) is 0 Å². The fourth-order valence-electron chi connectivity index (χ4n) is 2.12. The Hall–Kier alpha value is -2.36. The Labute approximate surface area is 110 Å². The Kier molecular flexibility index (Phi) is 3.80. The Balaban J connectivity index is 2.36. The van der Waals surface area contributed by atoms with Gasteiger partial charge in [-0.2, -0.15) is 0 Å². The van der Waals surface area contributed by atoms with Crippen molar-refractivity contribution < 1.29 is 19.8 Å². The topological polar surface area (TPSA) is 74.6 Å². The number of hydrogen-bond donors (Lipinski definition) is 2. The van der Waals surface area contributed by atoms with Crippen LogP contribution < -0.4 is 0 Å². The second-order valence-corrected chi connectivity index (χ2v) is 4.41. The smallest absolute Gasteiger partial charge is 0.335 e. The van der Waals surface area contributed by atoms with E-state index in [0.717, 1.165) is 10.8 Å². The highest BCUT2D eigenvalue weighted by atomic mass is 16.4. The van der Waals surface area contributed by atoms with E-state index in [9.17, 15) is 14.7 Å². The quantitative estimate of drug-likeness (QED) is 0.864. The van der Waals surface area contributed by atoms with Crippen LogP contribution in [0.15, 0.2) is 36.4 Å². The number of carbonyl (C=O) groups is 2. The summed E-state index contributed by atoms with van der Waals surface area (Å²) in [6.07, 6.45) is 0.943. The molecule has 0 saturated carbocycles.